The van der Waals surface area contributed by atoms with Crippen LogP contribution >= 0.6 is 0 Å². The van der Waals surface area contributed by atoms with Crippen molar-refractivity contribution in [2.45, 2.75) is 32.1 Å². The molecule has 4 heteroatoms. The van der Waals surface area contributed by atoms with E-state index in [0.717, 1.165) is 39.0 Å². The minimum atomic E-state index is 0.683. The van der Waals surface area contributed by atoms with Crippen molar-refractivity contribution in [3.8, 4) is 0 Å². The largest absolute Gasteiger partial charge is 0.379 e. The Hall–Kier alpha value is -0.160. The van der Waals surface area contributed by atoms with Crippen molar-refractivity contribution in [2.24, 2.45) is 11.5 Å². The molecule has 0 saturated heterocycles. The molecule has 0 saturated carbocycles. The molecular weight excluding hydrogens is 192 g/mol. The molecule has 0 aliphatic rings. The Balaban J connectivity index is 2.81. The summed E-state index contributed by atoms with van der Waals surface area (Å²) in [6.07, 6.45) is 5.61. The molecule has 0 fully saturated rings. The van der Waals surface area contributed by atoms with Crippen molar-refractivity contribution in [1.82, 2.24) is 0 Å². The third kappa shape index (κ3) is 13.8. The van der Waals surface area contributed by atoms with E-state index in [1.54, 1.807) is 0 Å². The molecule has 0 aromatic heterocycles. The predicted molar refractivity (Wildman–Crippen MR) is 62.8 cm³/mol. The summed E-state index contributed by atoms with van der Waals surface area (Å²) in [7, 11) is 0. The lowest BCUT2D eigenvalue weighted by atomic mass is 10.2. The number of unbranched alkanes of at least 4 members (excludes halogenated alkanes) is 3. The van der Waals surface area contributed by atoms with Crippen molar-refractivity contribution in [2.75, 3.05) is 39.5 Å². The highest BCUT2D eigenvalue weighted by Gasteiger charge is 1.91. The highest BCUT2D eigenvalue weighted by Crippen LogP contribution is 1.98. The van der Waals surface area contributed by atoms with Gasteiger partial charge in [0.25, 0.3) is 0 Å². The van der Waals surface area contributed by atoms with Crippen molar-refractivity contribution in [1.29, 1.82) is 0 Å². The monoisotopic (exact) mass is 218 g/mol. The van der Waals surface area contributed by atoms with E-state index in [-0.39, 0.29) is 0 Å². The van der Waals surface area contributed by atoms with Gasteiger partial charge < -0.3 is 20.9 Å². The zero-order chi connectivity index (χ0) is 11.2. The summed E-state index contributed by atoms with van der Waals surface area (Å²) < 4.78 is 10.7. The van der Waals surface area contributed by atoms with E-state index in [0.29, 0.717) is 19.8 Å². The van der Waals surface area contributed by atoms with Crippen LogP contribution in [0.3, 0.4) is 0 Å². The molecule has 0 amide bonds. The number of nitrogens with two attached hydrogens (primary N) is 2. The zero-order valence-electron chi connectivity index (χ0n) is 9.75. The maximum Gasteiger partial charge on any atom is 0.0700 e. The van der Waals surface area contributed by atoms with Gasteiger partial charge in [0, 0.05) is 13.2 Å². The predicted octanol–water partition coefficient (Wildman–Crippen LogP) is 0.888. The Kier molecular flexibility index (Phi) is 13.7. The van der Waals surface area contributed by atoms with Crippen LogP contribution in [-0.4, -0.2) is 39.5 Å². The Morgan fingerprint density at radius 1 is 0.533 bits per heavy atom. The first-order chi connectivity index (χ1) is 7.41. The maximum absolute atomic E-state index is 5.41. The second kappa shape index (κ2) is 13.8. The SMILES string of the molecule is NCCCCCCOCCOCCCN. The molecule has 0 heterocycles. The number of rotatable bonds is 12. The van der Waals surface area contributed by atoms with Gasteiger partial charge in [-0.2, -0.15) is 0 Å². The first-order valence-electron chi connectivity index (χ1n) is 5.97. The fourth-order valence-electron chi connectivity index (χ4n) is 1.21. The summed E-state index contributed by atoms with van der Waals surface area (Å²) in [5.74, 6) is 0. The summed E-state index contributed by atoms with van der Waals surface area (Å²) in [5, 5.41) is 0. The quantitative estimate of drug-likeness (QED) is 0.477. The summed E-state index contributed by atoms with van der Waals surface area (Å²) >= 11 is 0. The average Bonchev–Trinajstić information content (AvgIpc) is 2.26. The van der Waals surface area contributed by atoms with E-state index in [4.69, 9.17) is 20.9 Å². The Bertz CT molecular complexity index is 101. The van der Waals surface area contributed by atoms with Crippen LogP contribution in [0.1, 0.15) is 32.1 Å². The highest BCUT2D eigenvalue weighted by atomic mass is 16.5. The molecule has 4 N–H and O–H groups in total. The first kappa shape index (κ1) is 14.8. The Morgan fingerprint density at radius 3 is 1.67 bits per heavy atom. The van der Waals surface area contributed by atoms with Gasteiger partial charge >= 0.3 is 0 Å². The van der Waals surface area contributed by atoms with Crippen LogP contribution < -0.4 is 11.5 Å². The van der Waals surface area contributed by atoms with Crippen LogP contribution in [0.4, 0.5) is 0 Å². The van der Waals surface area contributed by atoms with Gasteiger partial charge in [-0.15, -0.1) is 0 Å². The molecule has 0 aromatic carbocycles. The smallest absolute Gasteiger partial charge is 0.0700 e. The topological polar surface area (TPSA) is 70.5 Å². The van der Waals surface area contributed by atoms with Gasteiger partial charge in [-0.3, -0.25) is 0 Å². The van der Waals surface area contributed by atoms with Crippen molar-refractivity contribution >= 4 is 0 Å². The molecule has 0 bridgehead atoms. The highest BCUT2D eigenvalue weighted by molar-refractivity contribution is 4.43. The molecule has 0 unspecified atom stereocenters. The van der Waals surface area contributed by atoms with E-state index in [9.17, 15) is 0 Å². The van der Waals surface area contributed by atoms with Gasteiger partial charge in [-0.1, -0.05) is 12.8 Å². The second-order valence-electron chi connectivity index (χ2n) is 3.57. The van der Waals surface area contributed by atoms with Gasteiger partial charge in [-0.05, 0) is 32.4 Å². The standard InChI is InChI=1S/C11H26N2O2/c12-6-3-1-2-4-8-14-10-11-15-9-5-7-13/h1-13H2. The van der Waals surface area contributed by atoms with E-state index in [1.807, 2.05) is 0 Å². The van der Waals surface area contributed by atoms with Crippen molar-refractivity contribution in [3.63, 3.8) is 0 Å². The third-order valence-electron chi connectivity index (χ3n) is 2.11. The van der Waals surface area contributed by atoms with Crippen molar-refractivity contribution in [3.05, 3.63) is 0 Å². The van der Waals surface area contributed by atoms with E-state index >= 15 is 0 Å². The van der Waals surface area contributed by atoms with Crippen molar-refractivity contribution < 1.29 is 9.47 Å². The normalized spacial score (nSPS) is 10.8. The zero-order valence-corrected chi connectivity index (χ0v) is 9.75. The van der Waals surface area contributed by atoms with Crippen LogP contribution in [0, 0.1) is 0 Å². The van der Waals surface area contributed by atoms with Gasteiger partial charge in [0.05, 0.1) is 13.2 Å². The van der Waals surface area contributed by atoms with E-state index in [1.165, 1.54) is 12.8 Å². The molecule has 0 aliphatic carbocycles. The minimum Gasteiger partial charge on any atom is -0.379 e. The lowest BCUT2D eigenvalue weighted by molar-refractivity contribution is 0.0460. The van der Waals surface area contributed by atoms with Crippen LogP contribution in [0.5, 0.6) is 0 Å². The lowest BCUT2D eigenvalue weighted by Crippen LogP contribution is -2.09. The van der Waals surface area contributed by atoms with Crippen LogP contribution in [0.15, 0.2) is 0 Å². The maximum atomic E-state index is 5.41. The van der Waals surface area contributed by atoms with Gasteiger partial charge in [0.2, 0.25) is 0 Å². The van der Waals surface area contributed by atoms with Gasteiger partial charge in [-0.25, -0.2) is 0 Å². The number of hydrogen-bond donors (Lipinski definition) is 2. The second-order valence-corrected chi connectivity index (χ2v) is 3.57. The summed E-state index contributed by atoms with van der Waals surface area (Å²) in [4.78, 5) is 0. The molecule has 0 radical (unpaired) electrons. The fraction of sp³-hybridized carbons (Fsp3) is 1.00. The third-order valence-corrected chi connectivity index (χ3v) is 2.11. The molecule has 0 atom stereocenters. The number of hydrogen-bond acceptors (Lipinski definition) is 4. The van der Waals surface area contributed by atoms with E-state index in [2.05, 4.69) is 0 Å². The molecule has 92 valence electrons. The first-order valence-corrected chi connectivity index (χ1v) is 5.97. The molecule has 4 nitrogen and oxygen atoms in total. The van der Waals surface area contributed by atoms with Gasteiger partial charge in [0.15, 0.2) is 0 Å². The average molecular weight is 218 g/mol. The molecule has 0 spiro atoms. The summed E-state index contributed by atoms with van der Waals surface area (Å²) in [6, 6.07) is 0. The van der Waals surface area contributed by atoms with Crippen LogP contribution in [0.25, 0.3) is 0 Å². The molecule has 15 heavy (non-hydrogen) atoms. The minimum absolute atomic E-state index is 0.683. The fourth-order valence-corrected chi connectivity index (χ4v) is 1.21. The van der Waals surface area contributed by atoms with E-state index < -0.39 is 0 Å². The summed E-state index contributed by atoms with van der Waals surface area (Å²) in [6.45, 7) is 4.46. The molecular formula is C11H26N2O2. The van der Waals surface area contributed by atoms with Crippen LogP contribution in [0.2, 0.25) is 0 Å². The molecule has 0 aliphatic heterocycles. The van der Waals surface area contributed by atoms with Gasteiger partial charge in [0.1, 0.15) is 0 Å². The van der Waals surface area contributed by atoms with Crippen LogP contribution in [-0.2, 0) is 9.47 Å². The lowest BCUT2D eigenvalue weighted by Gasteiger charge is -2.05. The number of ether oxygens (including phenoxy) is 2. The molecule has 0 rings (SSSR count). The molecule has 0 aromatic rings. The summed E-state index contributed by atoms with van der Waals surface area (Å²) in [5.41, 5.74) is 10.7. The Morgan fingerprint density at radius 2 is 1.07 bits per heavy atom. The Labute approximate surface area is 93.3 Å².